The second-order valence-electron chi connectivity index (χ2n) is 6.84. The van der Waals surface area contributed by atoms with Crippen LogP contribution in [0.2, 0.25) is 0 Å². The lowest BCUT2D eigenvalue weighted by Gasteiger charge is -2.58. The Morgan fingerprint density at radius 1 is 1.28 bits per heavy atom. The highest BCUT2D eigenvalue weighted by atomic mass is 16.5. The molecule has 0 aromatic heterocycles. The van der Waals surface area contributed by atoms with Crippen molar-refractivity contribution in [2.45, 2.75) is 57.4 Å². The molecule has 3 unspecified atom stereocenters. The number of hydrogen-bond donors (Lipinski definition) is 1. The Morgan fingerprint density at radius 2 is 1.94 bits per heavy atom. The molecule has 4 aliphatic carbocycles. The Hall–Kier alpha value is -0.570. The number of ether oxygens (including phenoxy) is 1. The minimum atomic E-state index is -0.238. The van der Waals surface area contributed by atoms with Crippen LogP contribution in [0.1, 0.15) is 51.9 Å². The number of nitrogens with two attached hydrogens (primary N) is 1. The maximum absolute atomic E-state index is 12.3. The van der Waals surface area contributed by atoms with Gasteiger partial charge in [-0.1, -0.05) is 13.3 Å². The van der Waals surface area contributed by atoms with E-state index in [0.717, 1.165) is 37.5 Å². The van der Waals surface area contributed by atoms with Gasteiger partial charge in [-0.25, -0.2) is 0 Å². The Bertz CT molecular complexity index is 327. The molecule has 4 saturated carbocycles. The van der Waals surface area contributed by atoms with E-state index >= 15 is 0 Å². The van der Waals surface area contributed by atoms with Gasteiger partial charge in [0.1, 0.15) is 0 Å². The minimum Gasteiger partial charge on any atom is -0.465 e. The third-order valence-electron chi connectivity index (χ3n) is 5.36. The highest BCUT2D eigenvalue weighted by molar-refractivity contribution is 5.75. The van der Waals surface area contributed by atoms with Gasteiger partial charge in [-0.05, 0) is 56.3 Å². The van der Waals surface area contributed by atoms with Gasteiger partial charge in [0.05, 0.1) is 12.5 Å². The van der Waals surface area contributed by atoms with Gasteiger partial charge in [0, 0.05) is 5.54 Å². The smallest absolute Gasteiger partial charge is 0.311 e. The van der Waals surface area contributed by atoms with Crippen LogP contribution < -0.4 is 5.73 Å². The van der Waals surface area contributed by atoms with Crippen LogP contribution in [-0.2, 0) is 9.53 Å². The molecule has 3 heteroatoms. The Morgan fingerprint density at radius 3 is 2.50 bits per heavy atom. The molecule has 0 amide bonds. The van der Waals surface area contributed by atoms with Crippen LogP contribution in [0, 0.1) is 23.7 Å². The summed E-state index contributed by atoms with van der Waals surface area (Å²) >= 11 is 0. The molecule has 0 aromatic carbocycles. The minimum absolute atomic E-state index is 0.00486. The van der Waals surface area contributed by atoms with Gasteiger partial charge in [-0.3, -0.25) is 4.79 Å². The first-order valence-electron chi connectivity index (χ1n) is 7.58. The monoisotopic (exact) mass is 251 g/mol. The highest BCUT2D eigenvalue weighted by Gasteiger charge is 2.58. The van der Waals surface area contributed by atoms with Crippen molar-refractivity contribution in [3.63, 3.8) is 0 Å². The molecule has 0 aliphatic heterocycles. The standard InChI is InChI=1S/C15H25NO2/c1-2-3-4-18-14(17)13-12-6-10-5-11(7-12)9-15(13,16)8-10/h10-13H,2-9,16H2,1H3. The fraction of sp³-hybridized carbons (Fsp3) is 0.933. The van der Waals surface area contributed by atoms with E-state index < -0.39 is 0 Å². The maximum Gasteiger partial charge on any atom is 0.311 e. The third-order valence-corrected chi connectivity index (χ3v) is 5.36. The summed E-state index contributed by atoms with van der Waals surface area (Å²) in [5.74, 6) is 2.06. The summed E-state index contributed by atoms with van der Waals surface area (Å²) < 4.78 is 5.45. The molecule has 0 heterocycles. The van der Waals surface area contributed by atoms with Crippen molar-refractivity contribution in [2.75, 3.05) is 6.61 Å². The first kappa shape index (κ1) is 12.5. The number of carbonyl (C=O) groups excluding carboxylic acids is 1. The lowest BCUT2D eigenvalue weighted by atomic mass is 9.48. The van der Waals surface area contributed by atoms with E-state index in [1.807, 2.05) is 0 Å². The second-order valence-corrected chi connectivity index (χ2v) is 6.84. The predicted molar refractivity (Wildman–Crippen MR) is 69.8 cm³/mol. The molecule has 3 nitrogen and oxygen atoms in total. The van der Waals surface area contributed by atoms with Gasteiger partial charge in [-0.2, -0.15) is 0 Å². The molecule has 18 heavy (non-hydrogen) atoms. The van der Waals surface area contributed by atoms with Gasteiger partial charge in [0.15, 0.2) is 0 Å². The largest absolute Gasteiger partial charge is 0.465 e. The molecule has 3 atom stereocenters. The van der Waals surface area contributed by atoms with Crippen molar-refractivity contribution in [1.82, 2.24) is 0 Å². The average molecular weight is 251 g/mol. The number of hydrogen-bond acceptors (Lipinski definition) is 3. The van der Waals surface area contributed by atoms with Crippen molar-refractivity contribution < 1.29 is 9.53 Å². The summed E-state index contributed by atoms with van der Waals surface area (Å²) in [6.45, 7) is 2.68. The zero-order valence-corrected chi connectivity index (χ0v) is 11.4. The van der Waals surface area contributed by atoms with E-state index in [2.05, 4.69) is 6.92 Å². The van der Waals surface area contributed by atoms with Crippen molar-refractivity contribution in [1.29, 1.82) is 0 Å². The van der Waals surface area contributed by atoms with Crippen molar-refractivity contribution >= 4 is 5.97 Å². The molecule has 4 aliphatic rings. The molecule has 4 fully saturated rings. The summed E-state index contributed by atoms with van der Waals surface area (Å²) in [7, 11) is 0. The summed E-state index contributed by atoms with van der Waals surface area (Å²) in [6.07, 6.45) is 7.91. The maximum atomic E-state index is 12.3. The molecule has 0 aromatic rings. The van der Waals surface area contributed by atoms with Gasteiger partial charge in [0.25, 0.3) is 0 Å². The van der Waals surface area contributed by atoms with Crippen LogP contribution in [0.15, 0.2) is 0 Å². The fourth-order valence-electron chi connectivity index (χ4n) is 4.94. The van der Waals surface area contributed by atoms with Crippen molar-refractivity contribution in [3.8, 4) is 0 Å². The second kappa shape index (κ2) is 4.52. The van der Waals surface area contributed by atoms with Gasteiger partial charge >= 0.3 is 5.97 Å². The quantitative estimate of drug-likeness (QED) is 0.617. The van der Waals surface area contributed by atoms with Crippen LogP contribution in [0.5, 0.6) is 0 Å². The zero-order chi connectivity index (χ0) is 12.8. The number of carbonyl (C=O) groups is 1. The molecule has 4 rings (SSSR count). The molecule has 4 bridgehead atoms. The van der Waals surface area contributed by atoms with Gasteiger partial charge in [-0.15, -0.1) is 0 Å². The highest BCUT2D eigenvalue weighted by Crippen LogP contribution is 2.57. The zero-order valence-electron chi connectivity index (χ0n) is 11.4. The molecule has 0 saturated heterocycles. The Labute approximate surface area is 109 Å². The molecule has 0 spiro atoms. The van der Waals surface area contributed by atoms with Crippen LogP contribution >= 0.6 is 0 Å². The van der Waals surface area contributed by atoms with E-state index in [0.29, 0.717) is 12.5 Å². The number of esters is 1. The first-order chi connectivity index (χ1) is 8.62. The van der Waals surface area contributed by atoms with Crippen LogP contribution in [0.4, 0.5) is 0 Å². The lowest BCUT2D eigenvalue weighted by molar-refractivity contribution is -0.164. The predicted octanol–water partition coefficient (Wildman–Crippen LogP) is 2.48. The summed E-state index contributed by atoms with van der Waals surface area (Å²) in [5, 5.41) is 0. The van der Waals surface area contributed by atoms with E-state index in [1.165, 1.54) is 19.3 Å². The molecular weight excluding hydrogens is 226 g/mol. The lowest BCUT2D eigenvalue weighted by Crippen LogP contribution is -2.64. The van der Waals surface area contributed by atoms with Crippen LogP contribution in [0.25, 0.3) is 0 Å². The van der Waals surface area contributed by atoms with Gasteiger partial charge < -0.3 is 10.5 Å². The summed E-state index contributed by atoms with van der Waals surface area (Å²) in [5.41, 5.74) is 6.33. The normalized spacial score (nSPS) is 45.2. The number of unbranched alkanes of at least 4 members (excludes halogenated alkanes) is 1. The third kappa shape index (κ3) is 1.97. The number of rotatable bonds is 4. The van der Waals surface area contributed by atoms with Crippen molar-refractivity contribution in [2.24, 2.45) is 29.4 Å². The average Bonchev–Trinajstić information content (AvgIpc) is 2.26. The van der Waals surface area contributed by atoms with E-state index in [4.69, 9.17) is 10.5 Å². The molecule has 2 N–H and O–H groups in total. The van der Waals surface area contributed by atoms with Crippen LogP contribution in [0.3, 0.4) is 0 Å². The molecule has 0 radical (unpaired) electrons. The Kier molecular flexibility index (Phi) is 3.13. The molecule has 102 valence electrons. The SMILES string of the molecule is CCCCOC(=O)C1C2CC3CC(C2)CC1(N)C3. The summed E-state index contributed by atoms with van der Waals surface area (Å²) in [6, 6.07) is 0. The van der Waals surface area contributed by atoms with E-state index in [9.17, 15) is 4.79 Å². The topological polar surface area (TPSA) is 52.3 Å². The Balaban J connectivity index is 1.70. The van der Waals surface area contributed by atoms with Crippen LogP contribution in [-0.4, -0.2) is 18.1 Å². The van der Waals surface area contributed by atoms with E-state index in [1.54, 1.807) is 0 Å². The molecular formula is C15H25NO2. The van der Waals surface area contributed by atoms with E-state index in [-0.39, 0.29) is 17.4 Å². The van der Waals surface area contributed by atoms with Crippen molar-refractivity contribution in [3.05, 3.63) is 0 Å². The summed E-state index contributed by atoms with van der Waals surface area (Å²) in [4.78, 5) is 12.3. The fourth-order valence-corrected chi connectivity index (χ4v) is 4.94. The van der Waals surface area contributed by atoms with Gasteiger partial charge in [0.2, 0.25) is 0 Å². The first-order valence-corrected chi connectivity index (χ1v) is 7.58.